The maximum atomic E-state index is 12.3. The van der Waals surface area contributed by atoms with Crippen LogP contribution in [0.25, 0.3) is 0 Å². The van der Waals surface area contributed by atoms with Gasteiger partial charge in [-0.2, -0.15) is 0 Å². The van der Waals surface area contributed by atoms with Gasteiger partial charge in [0, 0.05) is 6.20 Å². The maximum Gasteiger partial charge on any atom is 0.242 e. The number of sulfonamides is 1. The summed E-state index contributed by atoms with van der Waals surface area (Å²) in [5, 5.41) is 10.9. The Morgan fingerprint density at radius 2 is 2.15 bits per heavy atom. The molecular formula is C12H15N3O3S2. The summed E-state index contributed by atoms with van der Waals surface area (Å²) in [4.78, 5) is 8.70. The minimum Gasteiger partial charge on any atom is -0.391 e. The lowest BCUT2D eigenvalue weighted by molar-refractivity contribution is 0.282. The monoisotopic (exact) mass is 313 g/mol. The van der Waals surface area contributed by atoms with Crippen LogP contribution in [0.5, 0.6) is 0 Å². The number of rotatable bonds is 5. The Morgan fingerprint density at radius 1 is 1.40 bits per heavy atom. The molecule has 108 valence electrons. The molecule has 0 amide bonds. The minimum atomic E-state index is -3.66. The van der Waals surface area contributed by atoms with E-state index in [1.165, 1.54) is 11.3 Å². The average Bonchev–Trinajstić information content (AvgIpc) is 2.78. The van der Waals surface area contributed by atoms with Gasteiger partial charge >= 0.3 is 0 Å². The van der Waals surface area contributed by atoms with Crippen molar-refractivity contribution in [2.24, 2.45) is 0 Å². The molecule has 0 bridgehead atoms. The first-order valence-corrected chi connectivity index (χ1v) is 8.26. The first kappa shape index (κ1) is 15.0. The van der Waals surface area contributed by atoms with Crippen LogP contribution >= 0.6 is 11.3 Å². The second-order valence-electron chi connectivity index (χ2n) is 4.25. The fourth-order valence-electron chi connectivity index (χ4n) is 1.80. The van der Waals surface area contributed by atoms with E-state index in [2.05, 4.69) is 14.7 Å². The summed E-state index contributed by atoms with van der Waals surface area (Å²) in [5.41, 5.74) is 1.23. The molecule has 8 heteroatoms. The quantitative estimate of drug-likeness (QED) is 0.863. The van der Waals surface area contributed by atoms with Crippen LogP contribution in [-0.4, -0.2) is 23.5 Å². The number of thiophene rings is 1. The number of hydrogen-bond acceptors (Lipinski definition) is 6. The molecule has 2 aromatic heterocycles. The highest BCUT2D eigenvalue weighted by molar-refractivity contribution is 7.89. The third kappa shape index (κ3) is 3.21. The van der Waals surface area contributed by atoms with Crippen LogP contribution in [0.3, 0.4) is 0 Å². The van der Waals surface area contributed by atoms with Gasteiger partial charge < -0.3 is 5.11 Å². The summed E-state index contributed by atoms with van der Waals surface area (Å²) < 4.78 is 27.1. The van der Waals surface area contributed by atoms with Gasteiger partial charge in [0.05, 0.1) is 23.7 Å². The predicted octanol–water partition coefficient (Wildman–Crippen LogP) is 1.13. The van der Waals surface area contributed by atoms with Crippen molar-refractivity contribution in [3.8, 4) is 0 Å². The number of nitrogens with one attached hydrogen (secondary N) is 1. The normalized spacial score (nSPS) is 11.8. The zero-order chi connectivity index (χ0) is 14.8. The lowest BCUT2D eigenvalue weighted by atomic mass is 10.3. The zero-order valence-electron chi connectivity index (χ0n) is 11.1. The van der Waals surface area contributed by atoms with Gasteiger partial charge in [-0.15, -0.1) is 11.3 Å². The Labute approximate surface area is 121 Å². The SMILES string of the molecule is Cc1nccc(CNS(=O)(=O)c2c(C)csc2CO)n1. The summed E-state index contributed by atoms with van der Waals surface area (Å²) >= 11 is 1.23. The van der Waals surface area contributed by atoms with Gasteiger partial charge in [-0.3, -0.25) is 0 Å². The van der Waals surface area contributed by atoms with Crippen molar-refractivity contribution in [2.45, 2.75) is 31.9 Å². The molecule has 2 heterocycles. The van der Waals surface area contributed by atoms with E-state index in [9.17, 15) is 13.5 Å². The summed E-state index contributed by atoms with van der Waals surface area (Å²) in [6, 6.07) is 1.66. The van der Waals surface area contributed by atoms with Gasteiger partial charge in [-0.05, 0) is 30.9 Å². The highest BCUT2D eigenvalue weighted by Crippen LogP contribution is 2.26. The fraction of sp³-hybridized carbons (Fsp3) is 0.333. The second-order valence-corrected chi connectivity index (χ2v) is 6.92. The number of aromatic nitrogens is 2. The highest BCUT2D eigenvalue weighted by Gasteiger charge is 2.22. The Kier molecular flexibility index (Phi) is 4.48. The van der Waals surface area contributed by atoms with E-state index in [0.29, 0.717) is 22.0 Å². The summed E-state index contributed by atoms with van der Waals surface area (Å²) in [6.45, 7) is 3.25. The van der Waals surface area contributed by atoms with E-state index < -0.39 is 10.0 Å². The van der Waals surface area contributed by atoms with E-state index in [1.807, 2.05) is 0 Å². The first-order chi connectivity index (χ1) is 9.44. The van der Waals surface area contributed by atoms with Crippen molar-refractivity contribution in [1.82, 2.24) is 14.7 Å². The van der Waals surface area contributed by atoms with Crippen molar-refractivity contribution in [3.05, 3.63) is 39.6 Å². The number of aryl methyl sites for hydroxylation is 2. The van der Waals surface area contributed by atoms with Gasteiger partial charge in [-0.1, -0.05) is 0 Å². The van der Waals surface area contributed by atoms with Crippen LogP contribution in [0, 0.1) is 13.8 Å². The molecule has 0 aliphatic rings. The van der Waals surface area contributed by atoms with Gasteiger partial charge in [0.1, 0.15) is 10.7 Å². The second kappa shape index (κ2) is 5.96. The van der Waals surface area contributed by atoms with E-state index in [1.54, 1.807) is 31.5 Å². The van der Waals surface area contributed by atoms with Crippen molar-refractivity contribution >= 4 is 21.4 Å². The smallest absolute Gasteiger partial charge is 0.242 e. The van der Waals surface area contributed by atoms with Crippen LogP contribution < -0.4 is 4.72 Å². The standard InChI is InChI=1S/C12H15N3O3S2/c1-8-7-19-11(6-16)12(8)20(17,18)14-5-10-3-4-13-9(2)15-10/h3-4,7,14,16H,5-6H2,1-2H3. The molecule has 0 aliphatic carbocycles. The molecule has 0 fully saturated rings. The molecular weight excluding hydrogens is 298 g/mol. The highest BCUT2D eigenvalue weighted by atomic mass is 32.2. The topological polar surface area (TPSA) is 92.2 Å². The number of hydrogen-bond donors (Lipinski definition) is 2. The first-order valence-electron chi connectivity index (χ1n) is 5.90. The molecule has 0 unspecified atom stereocenters. The van der Waals surface area contributed by atoms with Crippen LogP contribution in [0.15, 0.2) is 22.5 Å². The molecule has 2 aromatic rings. The molecule has 2 N–H and O–H groups in total. The lowest BCUT2D eigenvalue weighted by Crippen LogP contribution is -2.25. The van der Waals surface area contributed by atoms with Crippen LogP contribution in [0.2, 0.25) is 0 Å². The summed E-state index contributed by atoms with van der Waals surface area (Å²) in [7, 11) is -3.66. The van der Waals surface area contributed by atoms with E-state index in [0.717, 1.165) is 0 Å². The van der Waals surface area contributed by atoms with E-state index in [-0.39, 0.29) is 18.0 Å². The molecule has 0 spiro atoms. The average molecular weight is 313 g/mol. The molecule has 0 aliphatic heterocycles. The number of aliphatic hydroxyl groups excluding tert-OH is 1. The van der Waals surface area contributed by atoms with Gasteiger partial charge in [0.2, 0.25) is 10.0 Å². The van der Waals surface area contributed by atoms with Crippen LogP contribution in [0.4, 0.5) is 0 Å². The maximum absolute atomic E-state index is 12.3. The van der Waals surface area contributed by atoms with Crippen molar-refractivity contribution < 1.29 is 13.5 Å². The van der Waals surface area contributed by atoms with Crippen molar-refractivity contribution in [3.63, 3.8) is 0 Å². The Bertz CT molecular complexity index is 710. The van der Waals surface area contributed by atoms with Gasteiger partial charge in [-0.25, -0.2) is 23.1 Å². The summed E-state index contributed by atoms with van der Waals surface area (Å²) in [5.74, 6) is 0.587. The van der Waals surface area contributed by atoms with Gasteiger partial charge in [0.15, 0.2) is 0 Å². The van der Waals surface area contributed by atoms with E-state index >= 15 is 0 Å². The molecule has 6 nitrogen and oxygen atoms in total. The van der Waals surface area contributed by atoms with Crippen molar-refractivity contribution in [1.29, 1.82) is 0 Å². The molecule has 0 aromatic carbocycles. The fourth-order valence-corrected chi connectivity index (χ4v) is 4.46. The van der Waals surface area contributed by atoms with E-state index in [4.69, 9.17) is 0 Å². The molecule has 0 atom stereocenters. The predicted molar refractivity (Wildman–Crippen MR) is 75.8 cm³/mol. The molecule has 0 saturated carbocycles. The molecule has 20 heavy (non-hydrogen) atoms. The largest absolute Gasteiger partial charge is 0.391 e. The van der Waals surface area contributed by atoms with Crippen LogP contribution in [0.1, 0.15) is 22.0 Å². The minimum absolute atomic E-state index is 0.0891. The Balaban J connectivity index is 2.21. The third-order valence-electron chi connectivity index (χ3n) is 2.68. The Morgan fingerprint density at radius 3 is 2.80 bits per heavy atom. The third-order valence-corrected chi connectivity index (χ3v) is 5.53. The molecule has 2 rings (SSSR count). The van der Waals surface area contributed by atoms with Crippen LogP contribution in [-0.2, 0) is 23.2 Å². The Hall–Kier alpha value is -1.35. The number of aliphatic hydroxyl groups is 1. The zero-order valence-corrected chi connectivity index (χ0v) is 12.8. The molecule has 0 saturated heterocycles. The van der Waals surface area contributed by atoms with Crippen molar-refractivity contribution in [2.75, 3.05) is 0 Å². The van der Waals surface area contributed by atoms with Gasteiger partial charge in [0.25, 0.3) is 0 Å². The summed E-state index contributed by atoms with van der Waals surface area (Å²) in [6.07, 6.45) is 1.58. The lowest BCUT2D eigenvalue weighted by Gasteiger charge is -2.08. The number of nitrogens with zero attached hydrogens (tertiary/aromatic N) is 2. The molecule has 0 radical (unpaired) electrons.